The minimum absolute atomic E-state index is 0.131. The summed E-state index contributed by atoms with van der Waals surface area (Å²) in [5.41, 5.74) is 9.99. The zero-order chi connectivity index (χ0) is 26.0. The Bertz CT molecular complexity index is 1420. The van der Waals surface area contributed by atoms with Crippen LogP contribution >= 0.6 is 11.8 Å². The van der Waals surface area contributed by atoms with Crippen LogP contribution in [0.4, 0.5) is 5.69 Å². The molecule has 2 heterocycles. The quantitative estimate of drug-likeness (QED) is 0.343. The summed E-state index contributed by atoms with van der Waals surface area (Å²) in [7, 11) is 0. The molecule has 0 saturated carbocycles. The molecular formula is C27H27N7O2S. The molecule has 0 saturated heterocycles. The third-order valence-corrected chi connectivity index (χ3v) is 7.07. The molecule has 1 aromatic heterocycles. The number of nitrogens with two attached hydrogens (primary N) is 1. The Morgan fingerprint density at radius 2 is 1.76 bits per heavy atom. The Labute approximate surface area is 218 Å². The topological polar surface area (TPSA) is 130 Å². The SMILES string of the molecule is CC(C)(N)CC(=O)NC1Sc2ccccc2N(Cc2ccc(-c3ccccc3-c3nn[nH]n3)cc2)C1=O. The van der Waals surface area contributed by atoms with Crippen molar-refractivity contribution in [3.8, 4) is 22.5 Å². The van der Waals surface area contributed by atoms with Gasteiger partial charge in [0.1, 0.15) is 0 Å². The van der Waals surface area contributed by atoms with Gasteiger partial charge in [0, 0.05) is 22.4 Å². The first-order valence-electron chi connectivity index (χ1n) is 11.9. The highest BCUT2D eigenvalue weighted by molar-refractivity contribution is 8.01. The molecule has 0 aliphatic carbocycles. The number of fused-ring (bicyclic) bond motifs is 1. The Morgan fingerprint density at radius 3 is 2.46 bits per heavy atom. The number of nitrogens with one attached hydrogen (secondary N) is 2. The molecule has 0 bridgehead atoms. The van der Waals surface area contributed by atoms with Gasteiger partial charge in [0.25, 0.3) is 5.91 Å². The van der Waals surface area contributed by atoms with Crippen LogP contribution < -0.4 is 16.0 Å². The number of rotatable bonds is 7. The molecule has 3 aromatic carbocycles. The second-order valence-electron chi connectivity index (χ2n) is 9.60. The fourth-order valence-electron chi connectivity index (χ4n) is 4.26. The second-order valence-corrected chi connectivity index (χ2v) is 10.7. The smallest absolute Gasteiger partial charge is 0.260 e. The van der Waals surface area contributed by atoms with Crippen LogP contribution in [-0.4, -0.2) is 43.4 Å². The predicted octanol–water partition coefficient (Wildman–Crippen LogP) is 3.74. The van der Waals surface area contributed by atoms with Crippen molar-refractivity contribution in [3.63, 3.8) is 0 Å². The lowest BCUT2D eigenvalue weighted by atomic mass is 9.98. The summed E-state index contributed by atoms with van der Waals surface area (Å²) in [6.45, 7) is 3.94. The van der Waals surface area contributed by atoms with E-state index in [1.165, 1.54) is 11.8 Å². The van der Waals surface area contributed by atoms with E-state index in [1.54, 1.807) is 18.7 Å². The van der Waals surface area contributed by atoms with Crippen LogP contribution in [0.3, 0.4) is 0 Å². The number of aromatic nitrogens is 4. The van der Waals surface area contributed by atoms with Gasteiger partial charge >= 0.3 is 0 Å². The lowest BCUT2D eigenvalue weighted by molar-refractivity contribution is -0.126. The van der Waals surface area contributed by atoms with Crippen LogP contribution in [0.15, 0.2) is 77.7 Å². The summed E-state index contributed by atoms with van der Waals surface area (Å²) in [6, 6.07) is 23.6. The van der Waals surface area contributed by atoms with Gasteiger partial charge in [-0.15, -0.1) is 10.2 Å². The molecule has 1 aliphatic heterocycles. The number of anilines is 1. The van der Waals surface area contributed by atoms with Gasteiger partial charge in [-0.2, -0.15) is 5.21 Å². The van der Waals surface area contributed by atoms with E-state index in [0.717, 1.165) is 32.8 Å². The Balaban J connectivity index is 1.38. The minimum Gasteiger partial charge on any atom is -0.336 e. The average Bonchev–Trinajstić information content (AvgIpc) is 3.41. The maximum absolute atomic E-state index is 13.5. The fourth-order valence-corrected chi connectivity index (χ4v) is 5.39. The third-order valence-electron chi connectivity index (χ3n) is 5.92. The number of hydrogen-bond donors (Lipinski definition) is 3. The largest absolute Gasteiger partial charge is 0.336 e. The Hall–Kier alpha value is -4.02. The van der Waals surface area contributed by atoms with Crippen molar-refractivity contribution >= 4 is 29.3 Å². The van der Waals surface area contributed by atoms with Crippen LogP contribution in [0.25, 0.3) is 22.5 Å². The third kappa shape index (κ3) is 5.55. The average molecular weight is 514 g/mol. The molecule has 1 unspecified atom stereocenters. The maximum atomic E-state index is 13.5. The summed E-state index contributed by atoms with van der Waals surface area (Å²) < 4.78 is 0. The van der Waals surface area contributed by atoms with Gasteiger partial charge in [-0.25, -0.2) is 0 Å². The van der Waals surface area contributed by atoms with Crippen LogP contribution in [-0.2, 0) is 16.1 Å². The molecule has 1 atom stereocenters. The number of carbonyl (C=O) groups excluding carboxylic acids is 2. The summed E-state index contributed by atoms with van der Waals surface area (Å²) in [5.74, 6) is 0.111. The second kappa shape index (κ2) is 10.2. The van der Waals surface area contributed by atoms with E-state index in [2.05, 4.69) is 25.9 Å². The highest BCUT2D eigenvalue weighted by Crippen LogP contribution is 2.39. The molecule has 37 heavy (non-hydrogen) atoms. The van der Waals surface area contributed by atoms with E-state index in [-0.39, 0.29) is 18.2 Å². The number of carbonyl (C=O) groups is 2. The van der Waals surface area contributed by atoms with E-state index in [0.29, 0.717) is 12.4 Å². The Kier molecular flexibility index (Phi) is 6.77. The first-order chi connectivity index (χ1) is 17.8. The van der Waals surface area contributed by atoms with E-state index >= 15 is 0 Å². The van der Waals surface area contributed by atoms with Gasteiger partial charge in [0.15, 0.2) is 5.37 Å². The summed E-state index contributed by atoms with van der Waals surface area (Å²) >= 11 is 1.35. The molecule has 10 heteroatoms. The van der Waals surface area contributed by atoms with Gasteiger partial charge in [-0.3, -0.25) is 9.59 Å². The molecule has 0 radical (unpaired) electrons. The van der Waals surface area contributed by atoms with Crippen molar-refractivity contribution < 1.29 is 9.59 Å². The van der Waals surface area contributed by atoms with Crippen molar-refractivity contribution in [1.29, 1.82) is 0 Å². The van der Waals surface area contributed by atoms with Crippen molar-refractivity contribution in [2.75, 3.05) is 4.90 Å². The zero-order valence-electron chi connectivity index (χ0n) is 20.5. The highest BCUT2D eigenvalue weighted by atomic mass is 32.2. The number of H-pyrrole nitrogens is 1. The van der Waals surface area contributed by atoms with Crippen molar-refractivity contribution in [2.45, 2.75) is 42.6 Å². The van der Waals surface area contributed by atoms with Crippen molar-refractivity contribution in [2.24, 2.45) is 5.73 Å². The molecule has 4 aromatic rings. The lowest BCUT2D eigenvalue weighted by Gasteiger charge is -2.34. The van der Waals surface area contributed by atoms with Gasteiger partial charge in [0.2, 0.25) is 11.7 Å². The molecule has 0 spiro atoms. The molecule has 188 valence electrons. The van der Waals surface area contributed by atoms with Gasteiger partial charge in [0.05, 0.1) is 12.2 Å². The van der Waals surface area contributed by atoms with Gasteiger partial charge < -0.3 is 16.0 Å². The number of thioether (sulfide) groups is 1. The number of nitrogens with zero attached hydrogens (tertiary/aromatic N) is 4. The van der Waals surface area contributed by atoms with Gasteiger partial charge in [-0.1, -0.05) is 72.4 Å². The lowest BCUT2D eigenvalue weighted by Crippen LogP contribution is -2.50. The monoisotopic (exact) mass is 513 g/mol. The Morgan fingerprint density at radius 1 is 1.05 bits per heavy atom. The van der Waals surface area contributed by atoms with E-state index in [9.17, 15) is 9.59 Å². The molecular weight excluding hydrogens is 486 g/mol. The number of amides is 2. The predicted molar refractivity (Wildman–Crippen MR) is 143 cm³/mol. The van der Waals surface area contributed by atoms with Crippen LogP contribution in [0.1, 0.15) is 25.8 Å². The number of para-hydroxylation sites is 1. The van der Waals surface area contributed by atoms with Crippen molar-refractivity contribution in [3.05, 3.63) is 78.4 Å². The summed E-state index contributed by atoms with van der Waals surface area (Å²) in [6.07, 6.45) is 0.131. The highest BCUT2D eigenvalue weighted by Gasteiger charge is 2.35. The van der Waals surface area contributed by atoms with Crippen LogP contribution in [0.5, 0.6) is 0 Å². The number of tetrazole rings is 1. The first kappa shape index (κ1) is 24.7. The molecule has 1 aliphatic rings. The molecule has 9 nitrogen and oxygen atoms in total. The molecule has 0 fully saturated rings. The van der Waals surface area contributed by atoms with Crippen LogP contribution in [0, 0.1) is 0 Å². The standard InChI is InChI=1S/C27H27N7O2S/c1-27(2,28)15-23(35)29-25-26(36)34(21-9-5-6-10-22(21)37-25)16-17-11-13-18(14-12-17)19-7-3-4-8-20(19)24-30-32-33-31-24/h3-14,25H,15-16,28H2,1-2H3,(H,29,35)(H,30,31,32,33). The number of aromatic amines is 1. The number of hydrogen-bond acceptors (Lipinski definition) is 7. The minimum atomic E-state index is -0.717. The van der Waals surface area contributed by atoms with Crippen LogP contribution in [0.2, 0.25) is 0 Å². The zero-order valence-corrected chi connectivity index (χ0v) is 21.3. The molecule has 2 amide bonds. The first-order valence-corrected chi connectivity index (χ1v) is 12.7. The summed E-state index contributed by atoms with van der Waals surface area (Å²) in [5, 5.41) is 16.5. The fraction of sp³-hybridized carbons (Fsp3) is 0.222. The number of benzene rings is 3. The maximum Gasteiger partial charge on any atom is 0.260 e. The van der Waals surface area contributed by atoms with E-state index in [4.69, 9.17) is 5.73 Å². The normalized spacial score (nSPS) is 15.4. The van der Waals surface area contributed by atoms with E-state index < -0.39 is 10.9 Å². The molecule has 5 rings (SSSR count). The van der Waals surface area contributed by atoms with Gasteiger partial charge in [-0.05, 0) is 47.9 Å². The van der Waals surface area contributed by atoms with E-state index in [1.807, 2.05) is 72.8 Å². The molecule has 4 N–H and O–H groups in total. The van der Waals surface area contributed by atoms with Crippen molar-refractivity contribution in [1.82, 2.24) is 25.9 Å². The summed E-state index contributed by atoms with van der Waals surface area (Å²) in [4.78, 5) is 28.7.